The second-order valence-electron chi connectivity index (χ2n) is 7.04. The molecule has 1 atom stereocenters. The summed E-state index contributed by atoms with van der Waals surface area (Å²) >= 11 is 0.382. The van der Waals surface area contributed by atoms with E-state index < -0.39 is 21.7 Å². The van der Waals surface area contributed by atoms with Gasteiger partial charge in [0.25, 0.3) is 15.8 Å². The minimum Gasteiger partial charge on any atom is -0.355 e. The lowest BCUT2D eigenvalue weighted by Crippen LogP contribution is -2.43. The maximum atomic E-state index is 12.8. The Kier molecular flexibility index (Phi) is 5.79. The lowest BCUT2D eigenvalue weighted by Gasteiger charge is -2.33. The van der Waals surface area contributed by atoms with E-state index in [9.17, 15) is 22.0 Å². The molecule has 4 rings (SSSR count). The van der Waals surface area contributed by atoms with E-state index in [0.29, 0.717) is 59.7 Å². The summed E-state index contributed by atoms with van der Waals surface area (Å²) in [6.07, 6.45) is 1.31. The number of alkyl halides is 2. The van der Waals surface area contributed by atoms with Crippen LogP contribution in [-0.2, 0) is 14.8 Å². The van der Waals surface area contributed by atoms with E-state index in [1.54, 1.807) is 36.4 Å². The number of fused-ring (bicyclic) bond motifs is 1. The van der Waals surface area contributed by atoms with Crippen LogP contribution in [-0.4, -0.2) is 43.9 Å². The summed E-state index contributed by atoms with van der Waals surface area (Å²) < 4.78 is 54.2. The molecule has 2 aromatic rings. The zero-order valence-corrected chi connectivity index (χ0v) is 17.4. The maximum Gasteiger partial charge on any atom is 0.288 e. The molecule has 10 heteroatoms. The predicted octanol–water partition coefficient (Wildman–Crippen LogP) is 3.80. The summed E-state index contributed by atoms with van der Waals surface area (Å²) in [5.41, 5.74) is 0.883. The van der Waals surface area contributed by atoms with E-state index in [4.69, 9.17) is 0 Å². The maximum absolute atomic E-state index is 12.8. The number of piperidine rings is 1. The van der Waals surface area contributed by atoms with Crippen LogP contribution in [0.25, 0.3) is 0 Å². The molecule has 0 radical (unpaired) electrons. The summed E-state index contributed by atoms with van der Waals surface area (Å²) in [6.45, 7) is 0.892. The fraction of sp³-hybridized carbons (Fsp3) is 0.300. The van der Waals surface area contributed by atoms with Crippen LogP contribution in [0, 0.1) is 5.92 Å². The first-order valence-corrected chi connectivity index (χ1v) is 11.7. The van der Waals surface area contributed by atoms with Gasteiger partial charge in [0.05, 0.1) is 11.6 Å². The van der Waals surface area contributed by atoms with Gasteiger partial charge in [-0.15, -0.1) is 4.40 Å². The van der Waals surface area contributed by atoms with Crippen molar-refractivity contribution in [1.82, 2.24) is 4.90 Å². The van der Waals surface area contributed by atoms with Crippen molar-refractivity contribution >= 4 is 39.2 Å². The standard InChI is InChI=1S/C20H19F2N3O3S2/c21-20(22)29-16-9-3-2-8-15(16)23-19(26)13-6-5-11-25(12-13)18-14-7-1-4-10-17(14)30(27,28)24-18/h1-4,7-10,13,20H,5-6,11-12H2,(H,23,26). The highest BCUT2D eigenvalue weighted by atomic mass is 32.2. The molecule has 1 N–H and O–H groups in total. The molecule has 2 aliphatic heterocycles. The van der Waals surface area contributed by atoms with Gasteiger partial charge >= 0.3 is 0 Å². The predicted molar refractivity (Wildman–Crippen MR) is 111 cm³/mol. The average Bonchev–Trinajstić information content (AvgIpc) is 3.00. The zero-order chi connectivity index (χ0) is 21.3. The molecule has 1 amide bonds. The molecule has 0 bridgehead atoms. The Balaban J connectivity index is 1.51. The molecule has 2 aliphatic rings. The molecule has 158 valence electrons. The molecule has 2 aromatic carbocycles. The van der Waals surface area contributed by atoms with Crippen LogP contribution in [0.5, 0.6) is 0 Å². The van der Waals surface area contributed by atoms with Gasteiger partial charge < -0.3 is 10.2 Å². The number of likely N-dealkylation sites (tertiary alicyclic amines) is 1. The zero-order valence-electron chi connectivity index (χ0n) is 15.8. The largest absolute Gasteiger partial charge is 0.355 e. The van der Waals surface area contributed by atoms with Crippen LogP contribution in [0.15, 0.2) is 62.7 Å². The molecule has 1 saturated heterocycles. The summed E-state index contributed by atoms with van der Waals surface area (Å²) in [6, 6.07) is 13.1. The minimum absolute atomic E-state index is 0.171. The lowest BCUT2D eigenvalue weighted by molar-refractivity contribution is -0.121. The Bertz CT molecular complexity index is 1110. The Morgan fingerprint density at radius 3 is 2.70 bits per heavy atom. The molecule has 0 saturated carbocycles. The van der Waals surface area contributed by atoms with Crippen LogP contribution in [0.1, 0.15) is 18.4 Å². The molecule has 0 aliphatic carbocycles. The van der Waals surface area contributed by atoms with Gasteiger partial charge in [0, 0.05) is 23.5 Å². The van der Waals surface area contributed by atoms with Crippen molar-refractivity contribution in [2.24, 2.45) is 10.3 Å². The first-order valence-electron chi connectivity index (χ1n) is 9.39. The number of hydrogen-bond acceptors (Lipinski definition) is 5. The molecule has 2 heterocycles. The van der Waals surface area contributed by atoms with Crippen molar-refractivity contribution in [3.05, 3.63) is 54.1 Å². The first-order chi connectivity index (χ1) is 14.3. The van der Waals surface area contributed by atoms with Crippen LogP contribution >= 0.6 is 11.8 Å². The minimum atomic E-state index is -3.74. The first kappa shape index (κ1) is 20.8. The number of hydrogen-bond donors (Lipinski definition) is 1. The molecule has 0 spiro atoms. The van der Waals surface area contributed by atoms with Crippen molar-refractivity contribution < 1.29 is 22.0 Å². The smallest absolute Gasteiger partial charge is 0.288 e. The van der Waals surface area contributed by atoms with E-state index in [-0.39, 0.29) is 10.8 Å². The number of nitrogens with one attached hydrogen (secondary N) is 1. The quantitative estimate of drug-likeness (QED) is 0.716. The van der Waals surface area contributed by atoms with Crippen molar-refractivity contribution in [3.8, 4) is 0 Å². The molecule has 6 nitrogen and oxygen atoms in total. The van der Waals surface area contributed by atoms with E-state index in [2.05, 4.69) is 9.71 Å². The van der Waals surface area contributed by atoms with Gasteiger partial charge in [-0.2, -0.15) is 17.2 Å². The SMILES string of the molecule is O=C(Nc1ccccc1SC(F)F)C1CCCN(C2=NS(=O)(=O)c3ccccc32)C1. The molecule has 0 aromatic heterocycles. The number of nitrogens with zero attached hydrogens (tertiary/aromatic N) is 2. The van der Waals surface area contributed by atoms with Crippen LogP contribution < -0.4 is 5.32 Å². The summed E-state index contributed by atoms with van der Waals surface area (Å²) in [5.74, 6) is -2.93. The Labute approximate surface area is 177 Å². The molecular weight excluding hydrogens is 432 g/mol. The van der Waals surface area contributed by atoms with Crippen LogP contribution in [0.2, 0.25) is 0 Å². The number of para-hydroxylation sites is 1. The lowest BCUT2D eigenvalue weighted by atomic mass is 9.96. The summed E-state index contributed by atoms with van der Waals surface area (Å²) in [5, 5.41) is 2.75. The Morgan fingerprint density at radius 2 is 1.90 bits per heavy atom. The van der Waals surface area contributed by atoms with E-state index in [0.717, 1.165) is 0 Å². The number of thioether (sulfide) groups is 1. The van der Waals surface area contributed by atoms with Crippen molar-refractivity contribution in [3.63, 3.8) is 0 Å². The number of amides is 1. The number of carbonyl (C=O) groups is 1. The van der Waals surface area contributed by atoms with Gasteiger partial charge in [-0.1, -0.05) is 36.0 Å². The summed E-state index contributed by atoms with van der Waals surface area (Å²) in [7, 11) is -3.74. The number of halogens is 2. The van der Waals surface area contributed by atoms with E-state index in [1.165, 1.54) is 12.1 Å². The van der Waals surface area contributed by atoms with Gasteiger partial charge in [-0.3, -0.25) is 4.79 Å². The van der Waals surface area contributed by atoms with Gasteiger partial charge in [0.2, 0.25) is 5.91 Å². The van der Waals surface area contributed by atoms with Gasteiger partial charge in [0.15, 0.2) is 5.84 Å². The monoisotopic (exact) mass is 451 g/mol. The fourth-order valence-corrected chi connectivity index (χ4v) is 5.53. The number of carbonyl (C=O) groups excluding carboxylic acids is 1. The number of benzene rings is 2. The van der Waals surface area contributed by atoms with Crippen LogP contribution in [0.3, 0.4) is 0 Å². The van der Waals surface area contributed by atoms with E-state index >= 15 is 0 Å². The fourth-order valence-electron chi connectivity index (χ4n) is 3.70. The third-order valence-electron chi connectivity index (χ3n) is 5.07. The second kappa shape index (κ2) is 8.35. The van der Waals surface area contributed by atoms with Crippen molar-refractivity contribution in [1.29, 1.82) is 0 Å². The molecule has 1 fully saturated rings. The van der Waals surface area contributed by atoms with Gasteiger partial charge in [-0.25, -0.2) is 0 Å². The third kappa shape index (κ3) is 4.20. The van der Waals surface area contributed by atoms with Gasteiger partial charge in [0.1, 0.15) is 4.90 Å². The second-order valence-corrected chi connectivity index (χ2v) is 9.64. The molecule has 30 heavy (non-hydrogen) atoms. The molecule has 1 unspecified atom stereocenters. The molecular formula is C20H19F2N3O3S2. The van der Waals surface area contributed by atoms with Crippen molar-refractivity contribution in [2.45, 2.75) is 28.4 Å². The van der Waals surface area contributed by atoms with Gasteiger partial charge in [-0.05, 0) is 37.1 Å². The summed E-state index contributed by atoms with van der Waals surface area (Å²) in [4.78, 5) is 15.1. The highest BCUT2D eigenvalue weighted by molar-refractivity contribution is 7.99. The van der Waals surface area contributed by atoms with E-state index in [1.807, 2.05) is 4.90 Å². The highest BCUT2D eigenvalue weighted by Crippen LogP contribution is 2.33. The third-order valence-corrected chi connectivity index (χ3v) is 7.18. The van der Waals surface area contributed by atoms with Crippen molar-refractivity contribution in [2.75, 3.05) is 18.4 Å². The van der Waals surface area contributed by atoms with Crippen LogP contribution in [0.4, 0.5) is 14.5 Å². The number of sulfonamides is 1. The topological polar surface area (TPSA) is 78.8 Å². The normalized spacial score (nSPS) is 20.0. The number of rotatable bonds is 4. The number of amidine groups is 1. The number of anilines is 1. The Morgan fingerprint density at radius 1 is 1.17 bits per heavy atom. The Hall–Kier alpha value is -2.46. The highest BCUT2D eigenvalue weighted by Gasteiger charge is 2.35. The average molecular weight is 452 g/mol.